The largest absolute Gasteiger partial charge is 0.673 e. The van der Waals surface area contributed by atoms with Gasteiger partial charge >= 0.3 is 20.1 Å². The first-order valence-corrected chi connectivity index (χ1v) is 10.7. The first-order chi connectivity index (χ1) is 14.1. The second kappa shape index (κ2) is 11.7. The summed E-state index contributed by atoms with van der Waals surface area (Å²) < 4.78 is 125. The molecule has 2 atom stereocenters. The van der Waals surface area contributed by atoms with E-state index in [0.717, 1.165) is 6.07 Å². The fourth-order valence-electron chi connectivity index (χ4n) is 3.21. The van der Waals surface area contributed by atoms with Gasteiger partial charge in [0.05, 0.1) is 15.6 Å². The Morgan fingerprint density at radius 3 is 1.16 bits per heavy atom. The highest BCUT2D eigenvalue weighted by Crippen LogP contribution is 2.58. The van der Waals surface area contributed by atoms with Crippen molar-refractivity contribution in [2.45, 2.75) is 77.4 Å². The van der Waals surface area contributed by atoms with Crippen molar-refractivity contribution >= 4 is 20.5 Å². The molecule has 0 spiro atoms. The summed E-state index contributed by atoms with van der Waals surface area (Å²) in [5, 5.41) is 0.0959. The number of ether oxygens (including phenoxy) is 2. The number of benzene rings is 1. The van der Waals surface area contributed by atoms with Crippen molar-refractivity contribution in [3.63, 3.8) is 0 Å². The Bertz CT molecular complexity index is 650. The van der Waals surface area contributed by atoms with Crippen LogP contribution in [0.1, 0.15) is 41.5 Å². The summed E-state index contributed by atoms with van der Waals surface area (Å²) in [6.45, 7) is 11.9. The van der Waals surface area contributed by atoms with E-state index in [9.17, 15) is 43.6 Å². The predicted molar refractivity (Wildman–Crippen MR) is 107 cm³/mol. The van der Waals surface area contributed by atoms with Gasteiger partial charge in [-0.25, -0.2) is 17.6 Å². The van der Waals surface area contributed by atoms with Crippen molar-refractivity contribution in [2.75, 3.05) is 0 Å². The van der Waals surface area contributed by atoms with Crippen LogP contribution >= 0.6 is 7.92 Å². The van der Waals surface area contributed by atoms with Gasteiger partial charge < -0.3 is 26.7 Å². The summed E-state index contributed by atoms with van der Waals surface area (Å²) in [5.41, 5.74) is 0. The van der Waals surface area contributed by atoms with Gasteiger partial charge in [-0.3, -0.25) is 0 Å². The number of hydrogen-bond acceptors (Lipinski definition) is 2. The fourth-order valence-corrected chi connectivity index (χ4v) is 7.76. The predicted octanol–water partition coefficient (Wildman–Crippen LogP) is 7.30. The molecule has 0 N–H and O–H groups in total. The highest BCUT2D eigenvalue weighted by atomic mass is 31.1. The molecular formula is C18H26BF10O2P. The van der Waals surface area contributed by atoms with Crippen molar-refractivity contribution < 1.29 is 53.1 Å². The van der Waals surface area contributed by atoms with E-state index in [-0.39, 0.29) is 21.8 Å². The maximum absolute atomic E-state index is 13.3. The topological polar surface area (TPSA) is 18.5 Å². The molecule has 0 saturated heterocycles. The second-order valence-electron chi connectivity index (χ2n) is 8.67. The number of hydrogen-bond donors (Lipinski definition) is 0. The zero-order chi connectivity index (χ0) is 25.7. The van der Waals surface area contributed by atoms with Crippen molar-refractivity contribution in [1.29, 1.82) is 0 Å². The maximum atomic E-state index is 13.3. The summed E-state index contributed by atoms with van der Waals surface area (Å²) in [6, 6.07) is 3.71. The smallest absolute Gasteiger partial charge is 0.454 e. The number of alkyl halides is 6. The zero-order valence-electron chi connectivity index (χ0n) is 18.2. The van der Waals surface area contributed by atoms with E-state index < -0.39 is 40.7 Å². The van der Waals surface area contributed by atoms with Crippen LogP contribution in [0.4, 0.5) is 43.6 Å². The lowest BCUT2D eigenvalue weighted by molar-refractivity contribution is -0.0704. The second-order valence-corrected chi connectivity index (χ2v) is 13.0. The number of rotatable bonds is 7. The Morgan fingerprint density at radius 1 is 0.656 bits per heavy atom. The molecule has 0 aliphatic rings. The minimum atomic E-state index is -6.00. The molecular weight excluding hydrogens is 480 g/mol. The molecule has 0 aliphatic heterocycles. The molecule has 0 saturated carbocycles. The van der Waals surface area contributed by atoms with Gasteiger partial charge in [0, 0.05) is 26.1 Å². The normalized spacial score (nSPS) is 14.8. The molecule has 1 aromatic rings. The highest BCUT2D eigenvalue weighted by Gasteiger charge is 2.44. The van der Waals surface area contributed by atoms with Crippen LogP contribution in [0.15, 0.2) is 18.2 Å². The van der Waals surface area contributed by atoms with Gasteiger partial charge in [0.2, 0.25) is 0 Å². The van der Waals surface area contributed by atoms with Crippen LogP contribution in [0, 0.1) is 0 Å². The average molecular weight is 506 g/mol. The molecule has 0 heterocycles. The lowest BCUT2D eigenvalue weighted by Gasteiger charge is -2.34. The van der Waals surface area contributed by atoms with E-state index in [1.54, 1.807) is 0 Å². The third kappa shape index (κ3) is 12.0. The van der Waals surface area contributed by atoms with Gasteiger partial charge in [0.15, 0.2) is 0 Å². The van der Waals surface area contributed by atoms with Crippen LogP contribution in [0.3, 0.4) is 0 Å². The minimum Gasteiger partial charge on any atom is -0.454 e. The monoisotopic (exact) mass is 506 g/mol. The Balaban J connectivity index is 0.00000172. The SMILES string of the molecule is CC(C)(C)[PH+](c1cc(OC(F)C(F)F)cc(OC(F)C(F)F)c1)C(C)(C)C.F[B-](F)(F)F. The van der Waals surface area contributed by atoms with E-state index in [1.807, 2.05) is 41.5 Å². The molecule has 14 heteroatoms. The summed E-state index contributed by atoms with van der Waals surface area (Å²) in [7, 11) is -7.49. The average Bonchev–Trinajstić information content (AvgIpc) is 2.49. The molecule has 32 heavy (non-hydrogen) atoms. The van der Waals surface area contributed by atoms with E-state index in [4.69, 9.17) is 0 Å². The molecule has 188 valence electrons. The zero-order valence-corrected chi connectivity index (χ0v) is 19.2. The standard InChI is InChI=1S/C18H25F6O2P.BF4/c1-17(2,3)27(18(4,5)6)12-8-10(25-15(23)13(19)20)7-11(9-12)26-16(24)14(21)22;2-1(3,4)5/h7-9,13-16H,1-6H3;/q;-1/p+1. The van der Waals surface area contributed by atoms with Gasteiger partial charge in [-0.15, -0.1) is 0 Å². The summed E-state index contributed by atoms with van der Waals surface area (Å²) in [6.07, 6.45) is -12.6. The Kier molecular flexibility index (Phi) is 11.1. The number of halogens is 10. The molecule has 0 radical (unpaired) electrons. The van der Waals surface area contributed by atoms with E-state index in [0.29, 0.717) is 5.30 Å². The van der Waals surface area contributed by atoms with Gasteiger partial charge in [0.25, 0.3) is 12.7 Å². The lowest BCUT2D eigenvalue weighted by atomic mass is 10.2. The van der Waals surface area contributed by atoms with E-state index >= 15 is 0 Å². The fraction of sp³-hybridized carbons (Fsp3) is 0.667. The Hall–Kier alpha value is -1.39. The van der Waals surface area contributed by atoms with Crippen molar-refractivity contribution in [3.8, 4) is 11.5 Å². The molecule has 1 aromatic carbocycles. The first-order valence-electron chi connectivity index (χ1n) is 9.21. The third-order valence-electron chi connectivity index (χ3n) is 3.56. The highest BCUT2D eigenvalue weighted by molar-refractivity contribution is 7.68. The Labute approximate surface area is 181 Å². The van der Waals surface area contributed by atoms with Crippen molar-refractivity contribution in [2.24, 2.45) is 0 Å². The van der Waals surface area contributed by atoms with E-state index in [2.05, 4.69) is 9.47 Å². The van der Waals surface area contributed by atoms with Crippen LogP contribution in [0.25, 0.3) is 0 Å². The first kappa shape index (κ1) is 30.6. The van der Waals surface area contributed by atoms with Crippen LogP contribution in [-0.2, 0) is 0 Å². The molecule has 2 unspecified atom stereocenters. The molecule has 0 fully saturated rings. The van der Waals surface area contributed by atoms with Crippen molar-refractivity contribution in [1.82, 2.24) is 0 Å². The maximum Gasteiger partial charge on any atom is 0.673 e. The van der Waals surface area contributed by atoms with Gasteiger partial charge in [-0.2, -0.15) is 8.78 Å². The van der Waals surface area contributed by atoms with Crippen LogP contribution in [0.5, 0.6) is 11.5 Å². The van der Waals surface area contributed by atoms with E-state index in [1.165, 1.54) is 12.1 Å². The molecule has 2 nitrogen and oxygen atoms in total. The summed E-state index contributed by atoms with van der Waals surface area (Å²) >= 11 is 0. The quantitative estimate of drug-likeness (QED) is 0.220. The molecule has 0 amide bonds. The Morgan fingerprint density at radius 2 is 0.938 bits per heavy atom. The van der Waals surface area contributed by atoms with Crippen LogP contribution in [0.2, 0.25) is 0 Å². The third-order valence-corrected chi connectivity index (χ3v) is 7.43. The molecule has 0 aliphatic carbocycles. The van der Waals surface area contributed by atoms with Gasteiger partial charge in [-0.05, 0) is 41.5 Å². The van der Waals surface area contributed by atoms with Crippen LogP contribution in [-0.4, -0.2) is 43.1 Å². The molecule has 0 bridgehead atoms. The minimum absolute atomic E-state index is 0.242. The summed E-state index contributed by atoms with van der Waals surface area (Å²) in [4.78, 5) is 0. The van der Waals surface area contributed by atoms with Crippen LogP contribution < -0.4 is 14.8 Å². The van der Waals surface area contributed by atoms with Crippen molar-refractivity contribution in [3.05, 3.63) is 18.2 Å². The lowest BCUT2D eigenvalue weighted by Crippen LogP contribution is -2.31. The molecule has 0 aromatic heterocycles. The summed E-state index contributed by atoms with van der Waals surface area (Å²) in [5.74, 6) is -0.652. The molecule has 1 rings (SSSR count). The van der Waals surface area contributed by atoms with Gasteiger partial charge in [0.1, 0.15) is 11.5 Å². The van der Waals surface area contributed by atoms with Gasteiger partial charge in [-0.1, -0.05) is 0 Å².